The number of nitrogens with one attached hydrogen (secondary N) is 1. The molecule has 0 aromatic heterocycles. The average molecular weight is 302 g/mol. The number of nitrogens with zero attached hydrogens (tertiary/aromatic N) is 1. The van der Waals surface area contributed by atoms with E-state index in [1.165, 1.54) is 0 Å². The Balaban J connectivity index is 1.92. The molecular weight excluding hydrogens is 284 g/mol. The van der Waals surface area contributed by atoms with E-state index in [1.54, 1.807) is 5.01 Å². The summed E-state index contributed by atoms with van der Waals surface area (Å²) in [6.45, 7) is 1.98. The standard InChI is InChI=1S/C20H18N2O/c1-16-9-8-10-17(15-16)20(23)21-22(18-11-4-2-5-12-18)19-13-6-3-7-14-19/h2-15H,1H3,(H,21,23). The summed E-state index contributed by atoms with van der Waals surface area (Å²) in [5.74, 6) is -0.138. The third kappa shape index (κ3) is 3.58. The van der Waals surface area contributed by atoms with Crippen LogP contribution < -0.4 is 10.4 Å². The molecule has 0 aliphatic carbocycles. The summed E-state index contributed by atoms with van der Waals surface area (Å²) in [6.07, 6.45) is 0. The molecule has 0 bridgehead atoms. The molecular formula is C20H18N2O. The van der Waals surface area contributed by atoms with E-state index in [-0.39, 0.29) is 5.91 Å². The van der Waals surface area contributed by atoms with Gasteiger partial charge in [0.15, 0.2) is 0 Å². The van der Waals surface area contributed by atoms with Crippen LogP contribution in [0.25, 0.3) is 0 Å². The molecule has 0 aliphatic heterocycles. The van der Waals surface area contributed by atoms with Gasteiger partial charge in [-0.05, 0) is 43.3 Å². The monoisotopic (exact) mass is 302 g/mol. The van der Waals surface area contributed by atoms with E-state index in [1.807, 2.05) is 91.9 Å². The lowest BCUT2D eigenvalue weighted by Crippen LogP contribution is -2.38. The SMILES string of the molecule is Cc1cccc(C(=O)NN(c2ccccc2)c2ccccc2)c1. The van der Waals surface area contributed by atoms with Gasteiger partial charge >= 0.3 is 0 Å². The van der Waals surface area contributed by atoms with Crippen molar-refractivity contribution >= 4 is 17.3 Å². The Bertz CT molecular complexity index is 746. The number of rotatable bonds is 4. The number of hydrazine groups is 1. The first kappa shape index (κ1) is 14.9. The first-order chi connectivity index (χ1) is 11.2. The van der Waals surface area contributed by atoms with Crippen LogP contribution >= 0.6 is 0 Å². The molecule has 23 heavy (non-hydrogen) atoms. The fourth-order valence-corrected chi connectivity index (χ4v) is 2.38. The lowest BCUT2D eigenvalue weighted by Gasteiger charge is -2.25. The molecule has 114 valence electrons. The van der Waals surface area contributed by atoms with Gasteiger partial charge < -0.3 is 0 Å². The fraction of sp³-hybridized carbons (Fsp3) is 0.0500. The average Bonchev–Trinajstić information content (AvgIpc) is 2.61. The van der Waals surface area contributed by atoms with E-state index >= 15 is 0 Å². The van der Waals surface area contributed by atoms with Crippen molar-refractivity contribution in [3.05, 3.63) is 96.1 Å². The number of anilines is 2. The second-order valence-corrected chi connectivity index (χ2v) is 5.32. The summed E-state index contributed by atoms with van der Waals surface area (Å²) >= 11 is 0. The van der Waals surface area contributed by atoms with Crippen molar-refractivity contribution in [1.82, 2.24) is 5.43 Å². The molecule has 3 rings (SSSR count). The zero-order valence-electron chi connectivity index (χ0n) is 12.9. The third-order valence-electron chi connectivity index (χ3n) is 3.52. The minimum atomic E-state index is -0.138. The lowest BCUT2D eigenvalue weighted by molar-refractivity contribution is 0.0953. The van der Waals surface area contributed by atoms with Gasteiger partial charge in [-0.1, -0.05) is 54.1 Å². The van der Waals surface area contributed by atoms with Crippen LogP contribution in [0.15, 0.2) is 84.9 Å². The number of carbonyl (C=O) groups is 1. The molecule has 0 heterocycles. The highest BCUT2D eigenvalue weighted by molar-refractivity contribution is 5.96. The van der Waals surface area contributed by atoms with Gasteiger partial charge in [-0.15, -0.1) is 0 Å². The number of hydrogen-bond donors (Lipinski definition) is 1. The van der Waals surface area contributed by atoms with Gasteiger partial charge in [-0.3, -0.25) is 15.2 Å². The molecule has 0 radical (unpaired) electrons. The predicted octanol–water partition coefficient (Wildman–Crippen LogP) is 4.48. The molecule has 3 aromatic carbocycles. The molecule has 1 N–H and O–H groups in total. The van der Waals surface area contributed by atoms with Crippen LogP contribution in [-0.2, 0) is 0 Å². The van der Waals surface area contributed by atoms with Crippen LogP contribution in [0.5, 0.6) is 0 Å². The molecule has 3 aromatic rings. The van der Waals surface area contributed by atoms with Crippen molar-refractivity contribution in [1.29, 1.82) is 0 Å². The molecule has 3 nitrogen and oxygen atoms in total. The number of amides is 1. The van der Waals surface area contributed by atoms with E-state index in [0.717, 1.165) is 16.9 Å². The maximum absolute atomic E-state index is 12.6. The van der Waals surface area contributed by atoms with Crippen molar-refractivity contribution < 1.29 is 4.79 Å². The Labute approximate surface area is 136 Å². The summed E-state index contributed by atoms with van der Waals surface area (Å²) in [5, 5.41) is 1.80. The summed E-state index contributed by atoms with van der Waals surface area (Å²) in [4.78, 5) is 12.6. The van der Waals surface area contributed by atoms with E-state index in [9.17, 15) is 4.79 Å². The number of hydrogen-bond acceptors (Lipinski definition) is 2. The largest absolute Gasteiger partial charge is 0.270 e. The Morgan fingerprint density at radius 3 is 1.87 bits per heavy atom. The molecule has 0 unspecified atom stereocenters. The highest BCUT2D eigenvalue weighted by Gasteiger charge is 2.13. The molecule has 0 saturated carbocycles. The lowest BCUT2D eigenvalue weighted by atomic mass is 10.1. The molecule has 0 fully saturated rings. The Kier molecular flexibility index (Phi) is 4.39. The van der Waals surface area contributed by atoms with E-state index in [2.05, 4.69) is 5.43 Å². The van der Waals surface area contributed by atoms with Gasteiger partial charge in [0.1, 0.15) is 0 Å². The predicted molar refractivity (Wildman–Crippen MR) is 93.7 cm³/mol. The zero-order valence-corrected chi connectivity index (χ0v) is 12.9. The molecule has 3 heteroatoms. The second-order valence-electron chi connectivity index (χ2n) is 5.32. The van der Waals surface area contributed by atoms with Crippen LogP contribution in [0.3, 0.4) is 0 Å². The van der Waals surface area contributed by atoms with Crippen LogP contribution in [0.1, 0.15) is 15.9 Å². The van der Waals surface area contributed by atoms with Crippen molar-refractivity contribution in [3.8, 4) is 0 Å². The number of aryl methyl sites for hydroxylation is 1. The van der Waals surface area contributed by atoms with Gasteiger partial charge in [0.2, 0.25) is 0 Å². The van der Waals surface area contributed by atoms with Crippen LogP contribution in [0.2, 0.25) is 0 Å². The van der Waals surface area contributed by atoms with E-state index in [0.29, 0.717) is 5.56 Å². The minimum Gasteiger partial charge on any atom is -0.267 e. The number of benzene rings is 3. The fourth-order valence-electron chi connectivity index (χ4n) is 2.38. The molecule has 0 spiro atoms. The van der Waals surface area contributed by atoms with Gasteiger partial charge in [0.05, 0.1) is 11.4 Å². The summed E-state index contributed by atoms with van der Waals surface area (Å²) in [6, 6.07) is 27.1. The molecule has 0 saturated heterocycles. The van der Waals surface area contributed by atoms with Crippen LogP contribution in [0.4, 0.5) is 11.4 Å². The van der Waals surface area contributed by atoms with Crippen LogP contribution in [-0.4, -0.2) is 5.91 Å². The van der Waals surface area contributed by atoms with Crippen molar-refractivity contribution in [3.63, 3.8) is 0 Å². The maximum atomic E-state index is 12.6. The quantitative estimate of drug-likeness (QED) is 0.721. The topological polar surface area (TPSA) is 32.3 Å². The van der Waals surface area contributed by atoms with Gasteiger partial charge in [0.25, 0.3) is 5.91 Å². The Morgan fingerprint density at radius 2 is 1.35 bits per heavy atom. The minimum absolute atomic E-state index is 0.138. The smallest absolute Gasteiger partial charge is 0.267 e. The zero-order chi connectivity index (χ0) is 16.1. The highest BCUT2D eigenvalue weighted by Crippen LogP contribution is 2.22. The van der Waals surface area contributed by atoms with Crippen molar-refractivity contribution in [2.45, 2.75) is 6.92 Å². The van der Waals surface area contributed by atoms with Crippen LogP contribution in [0, 0.1) is 6.92 Å². The first-order valence-corrected chi connectivity index (χ1v) is 7.52. The Hall–Kier alpha value is -3.07. The van der Waals surface area contributed by atoms with Gasteiger partial charge in [0, 0.05) is 5.56 Å². The second kappa shape index (κ2) is 6.79. The Morgan fingerprint density at radius 1 is 0.783 bits per heavy atom. The maximum Gasteiger partial charge on any atom is 0.270 e. The van der Waals surface area contributed by atoms with Crippen molar-refractivity contribution in [2.24, 2.45) is 0 Å². The van der Waals surface area contributed by atoms with Crippen molar-refractivity contribution in [2.75, 3.05) is 5.01 Å². The summed E-state index contributed by atoms with van der Waals surface area (Å²) in [5.41, 5.74) is 6.49. The van der Waals surface area contributed by atoms with Gasteiger partial charge in [-0.25, -0.2) is 0 Å². The van der Waals surface area contributed by atoms with Gasteiger partial charge in [-0.2, -0.15) is 0 Å². The van der Waals surface area contributed by atoms with E-state index < -0.39 is 0 Å². The third-order valence-corrected chi connectivity index (χ3v) is 3.52. The summed E-state index contributed by atoms with van der Waals surface area (Å²) < 4.78 is 0. The molecule has 0 aliphatic rings. The first-order valence-electron chi connectivity index (χ1n) is 7.52. The molecule has 0 atom stereocenters. The summed E-state index contributed by atoms with van der Waals surface area (Å²) in [7, 11) is 0. The molecule has 1 amide bonds. The number of carbonyl (C=O) groups excluding carboxylic acids is 1. The normalized spacial score (nSPS) is 10.1. The highest BCUT2D eigenvalue weighted by atomic mass is 16.2. The van der Waals surface area contributed by atoms with E-state index in [4.69, 9.17) is 0 Å². The number of para-hydroxylation sites is 2.